The van der Waals surface area contributed by atoms with Crippen molar-refractivity contribution in [3.63, 3.8) is 0 Å². The molecule has 1 atom stereocenters. The maximum Gasteiger partial charge on any atom is 0.196 e. The van der Waals surface area contributed by atoms with E-state index in [2.05, 4.69) is 105 Å². The Hall–Kier alpha value is -2.23. The van der Waals surface area contributed by atoms with Gasteiger partial charge < -0.3 is 19.3 Å². The topological polar surface area (TPSA) is 24.9 Å². The highest BCUT2D eigenvalue weighted by Crippen LogP contribution is 2.37. The third-order valence-electron chi connectivity index (χ3n) is 5.19. The van der Waals surface area contributed by atoms with Gasteiger partial charge in [-0.15, -0.1) is 0 Å². The highest BCUT2D eigenvalue weighted by Gasteiger charge is 2.21. The second-order valence-electron chi connectivity index (χ2n) is 8.75. The van der Waals surface area contributed by atoms with Gasteiger partial charge in [0.2, 0.25) is 0 Å². The Kier molecular flexibility index (Phi) is 9.46. The molecule has 0 aliphatic rings. The molecule has 1 unspecified atom stereocenters. The van der Waals surface area contributed by atoms with E-state index < -0.39 is 7.92 Å². The van der Waals surface area contributed by atoms with Gasteiger partial charge in [-0.3, -0.25) is 0 Å². The van der Waals surface area contributed by atoms with E-state index in [1.807, 2.05) is 19.9 Å². The lowest BCUT2D eigenvalue weighted by Gasteiger charge is -2.24. The molecule has 0 aromatic heterocycles. The Balaban J connectivity index is 2.03. The fraction of sp³-hybridized carbons (Fsp3) is 0.357. The Bertz CT molecular complexity index is 934. The van der Waals surface area contributed by atoms with E-state index in [1.165, 1.54) is 27.0 Å². The summed E-state index contributed by atoms with van der Waals surface area (Å²) in [5.74, 6) is 0.888. The second-order valence-corrected chi connectivity index (χ2v) is 10.9. The van der Waals surface area contributed by atoms with E-state index in [1.54, 1.807) is 0 Å². The average molecular weight is 465 g/mol. The quantitative estimate of drug-likeness (QED) is 0.312. The first-order valence-electron chi connectivity index (χ1n) is 11.5. The largest absolute Gasteiger partial charge is 0.465 e. The van der Waals surface area contributed by atoms with Crippen molar-refractivity contribution in [3.8, 4) is 5.75 Å². The number of para-hydroxylation sites is 1. The Morgan fingerprint density at radius 1 is 0.727 bits per heavy atom. The molecule has 0 saturated heterocycles. The molecule has 0 N–H and O–H groups in total. The molecule has 0 fully saturated rings. The summed E-state index contributed by atoms with van der Waals surface area (Å²) >= 11 is 0. The summed E-state index contributed by atoms with van der Waals surface area (Å²) in [4.78, 5) is 4.39. The number of hydrogen-bond donors (Lipinski definition) is 0. The zero-order valence-electron chi connectivity index (χ0n) is 20.8. The lowest BCUT2D eigenvalue weighted by molar-refractivity contribution is -0.0607. The molecule has 4 nitrogen and oxygen atoms in total. The Morgan fingerprint density at radius 2 is 1.21 bits per heavy atom. The smallest absolute Gasteiger partial charge is 0.196 e. The number of nitrogens with zero attached hydrogens (tertiary/aromatic N) is 2. The molecular formula is C28H37N2O2P. The molecule has 0 aliphatic carbocycles. The van der Waals surface area contributed by atoms with Crippen LogP contribution in [0.25, 0.3) is 0 Å². The van der Waals surface area contributed by atoms with Gasteiger partial charge in [-0.25, -0.2) is 0 Å². The van der Waals surface area contributed by atoms with Crippen molar-refractivity contribution in [3.05, 3.63) is 83.9 Å². The van der Waals surface area contributed by atoms with Gasteiger partial charge in [0.25, 0.3) is 0 Å². The summed E-state index contributed by atoms with van der Waals surface area (Å²) in [6.45, 7) is 6.43. The maximum atomic E-state index is 6.24. The molecule has 0 spiro atoms. The van der Waals surface area contributed by atoms with Gasteiger partial charge in [-0.1, -0.05) is 66.7 Å². The van der Waals surface area contributed by atoms with Crippen LogP contribution in [0.15, 0.2) is 72.8 Å². The van der Waals surface area contributed by atoms with Crippen molar-refractivity contribution in [1.29, 1.82) is 0 Å². The van der Waals surface area contributed by atoms with Gasteiger partial charge in [-0.2, -0.15) is 0 Å². The zero-order chi connectivity index (χ0) is 23.8. The monoisotopic (exact) mass is 464 g/mol. The molecule has 3 rings (SSSR count). The number of ether oxygens (including phenoxy) is 2. The third-order valence-corrected chi connectivity index (χ3v) is 7.67. The van der Waals surface area contributed by atoms with E-state index in [0.29, 0.717) is 6.61 Å². The number of hydrogen-bond acceptors (Lipinski definition) is 4. The van der Waals surface area contributed by atoms with Crippen LogP contribution in [0.1, 0.15) is 25.0 Å². The van der Waals surface area contributed by atoms with Gasteiger partial charge in [0.15, 0.2) is 6.29 Å². The van der Waals surface area contributed by atoms with Crippen LogP contribution in [0.3, 0.4) is 0 Å². The van der Waals surface area contributed by atoms with E-state index in [9.17, 15) is 0 Å². The summed E-state index contributed by atoms with van der Waals surface area (Å²) in [6.07, 6.45) is -0.294. The normalized spacial score (nSPS) is 12.5. The van der Waals surface area contributed by atoms with Gasteiger partial charge in [0, 0.05) is 25.0 Å². The Labute approximate surface area is 200 Å². The maximum absolute atomic E-state index is 6.24. The molecule has 0 amide bonds. The van der Waals surface area contributed by atoms with Crippen molar-refractivity contribution in [1.82, 2.24) is 9.80 Å². The fourth-order valence-corrected chi connectivity index (χ4v) is 6.18. The molecule has 0 aliphatic heterocycles. The minimum atomic E-state index is -0.780. The van der Waals surface area contributed by atoms with Crippen LogP contribution < -0.4 is 20.7 Å². The van der Waals surface area contributed by atoms with Crippen molar-refractivity contribution in [2.45, 2.75) is 33.2 Å². The van der Waals surface area contributed by atoms with Crippen molar-refractivity contribution >= 4 is 23.8 Å². The number of benzene rings is 3. The minimum Gasteiger partial charge on any atom is -0.465 e. The average Bonchev–Trinajstić information content (AvgIpc) is 2.77. The lowest BCUT2D eigenvalue weighted by Crippen LogP contribution is -2.25. The molecule has 0 radical (unpaired) electrons. The highest BCUT2D eigenvalue weighted by molar-refractivity contribution is 7.80. The van der Waals surface area contributed by atoms with Crippen LogP contribution in [0.5, 0.6) is 5.75 Å². The van der Waals surface area contributed by atoms with E-state index >= 15 is 0 Å². The number of rotatable bonds is 11. The van der Waals surface area contributed by atoms with Crippen LogP contribution in [-0.2, 0) is 17.8 Å². The molecule has 3 aromatic rings. The molecule has 0 saturated carbocycles. The third kappa shape index (κ3) is 7.38. The summed E-state index contributed by atoms with van der Waals surface area (Å²) in [6, 6.07) is 26.5. The minimum absolute atomic E-state index is 0.294. The molecule has 33 heavy (non-hydrogen) atoms. The highest BCUT2D eigenvalue weighted by atomic mass is 31.1. The zero-order valence-corrected chi connectivity index (χ0v) is 21.7. The van der Waals surface area contributed by atoms with Crippen LogP contribution >= 0.6 is 7.92 Å². The summed E-state index contributed by atoms with van der Waals surface area (Å²) in [7, 11) is 7.62. The van der Waals surface area contributed by atoms with Crippen LogP contribution in [0, 0.1) is 0 Å². The SMILES string of the molecule is CCOC(C)Oc1ccccc1P(c1ccc(CN(C)C)cc1)c1ccc(CN(C)C)cc1. The van der Waals surface area contributed by atoms with E-state index in [0.717, 1.165) is 18.8 Å². The van der Waals surface area contributed by atoms with Crippen molar-refractivity contribution < 1.29 is 9.47 Å². The lowest BCUT2D eigenvalue weighted by atomic mass is 10.2. The molecule has 5 heteroatoms. The first-order valence-corrected chi connectivity index (χ1v) is 12.9. The van der Waals surface area contributed by atoms with Crippen LogP contribution in [-0.4, -0.2) is 50.9 Å². The van der Waals surface area contributed by atoms with E-state index in [4.69, 9.17) is 9.47 Å². The van der Waals surface area contributed by atoms with Crippen molar-refractivity contribution in [2.75, 3.05) is 34.8 Å². The van der Waals surface area contributed by atoms with Gasteiger partial charge >= 0.3 is 0 Å². The predicted molar refractivity (Wildman–Crippen MR) is 142 cm³/mol. The standard InChI is InChI=1S/C28H37N2O2P/c1-7-31-22(2)32-27-10-8-9-11-28(27)33(25-16-12-23(13-17-25)20-29(3)4)26-18-14-24(15-19-26)21-30(5)6/h8-19,22H,7,20-21H2,1-6H3. The first kappa shape index (κ1) is 25.4. The Morgan fingerprint density at radius 3 is 1.67 bits per heavy atom. The van der Waals surface area contributed by atoms with Crippen LogP contribution in [0.2, 0.25) is 0 Å². The molecular weight excluding hydrogens is 427 g/mol. The van der Waals surface area contributed by atoms with Gasteiger partial charge in [-0.05, 0) is 77.8 Å². The van der Waals surface area contributed by atoms with Crippen molar-refractivity contribution in [2.24, 2.45) is 0 Å². The fourth-order valence-electron chi connectivity index (χ4n) is 3.85. The summed E-state index contributed by atoms with van der Waals surface area (Å²) in [5.41, 5.74) is 2.63. The molecule has 0 bridgehead atoms. The molecule has 3 aromatic carbocycles. The molecule has 0 heterocycles. The predicted octanol–water partition coefficient (Wildman–Crippen LogP) is 4.33. The van der Waals surface area contributed by atoms with E-state index in [-0.39, 0.29) is 6.29 Å². The summed E-state index contributed by atoms with van der Waals surface area (Å²) in [5, 5.41) is 3.83. The first-order chi connectivity index (χ1) is 15.9. The molecule has 176 valence electrons. The van der Waals surface area contributed by atoms with Gasteiger partial charge in [0.05, 0.1) is 0 Å². The summed E-state index contributed by atoms with van der Waals surface area (Å²) < 4.78 is 11.9. The second kappa shape index (κ2) is 12.3. The van der Waals surface area contributed by atoms with Crippen LogP contribution in [0.4, 0.5) is 0 Å². The van der Waals surface area contributed by atoms with Gasteiger partial charge in [0.1, 0.15) is 5.75 Å².